The highest BCUT2D eigenvalue weighted by Gasteiger charge is 2.56. The van der Waals surface area contributed by atoms with Gasteiger partial charge in [0.25, 0.3) is 0 Å². The monoisotopic (exact) mass is 309 g/mol. The third kappa shape index (κ3) is 2.75. The summed E-state index contributed by atoms with van der Waals surface area (Å²) in [7, 11) is 0. The average molecular weight is 309 g/mol. The second-order valence-corrected chi connectivity index (χ2v) is 8.65. The molecule has 3 nitrogen and oxygen atoms in total. The maximum Gasteiger partial charge on any atom is 0.0781 e. The maximum absolute atomic E-state index is 10.8. The Kier molecular flexibility index (Phi) is 3.55. The standard InChI is InChI=1S/C17H27NO2S/c19-17-10-13-7-14(11-17)9-16(8-13,12-17)2-1-15(21)18-3-5-20-6-4-18/h13-14,19H,1-12H2. The largest absolute Gasteiger partial charge is 0.390 e. The number of aliphatic hydroxyl groups is 1. The lowest BCUT2D eigenvalue weighted by molar-refractivity contribution is -0.165. The molecule has 5 fully saturated rings. The molecule has 4 bridgehead atoms. The summed E-state index contributed by atoms with van der Waals surface area (Å²) in [6.45, 7) is 3.55. The first kappa shape index (κ1) is 14.4. The summed E-state index contributed by atoms with van der Waals surface area (Å²) < 4.78 is 5.41. The van der Waals surface area contributed by atoms with Gasteiger partial charge in [0.15, 0.2) is 0 Å². The summed E-state index contributed by atoms with van der Waals surface area (Å²) in [6, 6.07) is 0. The third-order valence-electron chi connectivity index (χ3n) is 6.38. The Morgan fingerprint density at radius 1 is 1.14 bits per heavy atom. The van der Waals surface area contributed by atoms with Crippen molar-refractivity contribution < 1.29 is 9.84 Å². The van der Waals surface area contributed by atoms with Gasteiger partial charge in [0, 0.05) is 13.1 Å². The van der Waals surface area contributed by atoms with Crippen molar-refractivity contribution in [2.24, 2.45) is 17.3 Å². The van der Waals surface area contributed by atoms with Crippen LogP contribution in [0.5, 0.6) is 0 Å². The Morgan fingerprint density at radius 2 is 1.81 bits per heavy atom. The van der Waals surface area contributed by atoms with Crippen molar-refractivity contribution in [2.75, 3.05) is 26.3 Å². The number of hydrogen-bond acceptors (Lipinski definition) is 3. The van der Waals surface area contributed by atoms with Crippen molar-refractivity contribution in [1.29, 1.82) is 0 Å². The molecule has 21 heavy (non-hydrogen) atoms. The topological polar surface area (TPSA) is 32.7 Å². The van der Waals surface area contributed by atoms with E-state index in [9.17, 15) is 5.11 Å². The lowest BCUT2D eigenvalue weighted by Crippen LogP contribution is -2.55. The molecule has 118 valence electrons. The van der Waals surface area contributed by atoms with E-state index in [1.165, 1.54) is 25.7 Å². The SMILES string of the molecule is OC12CC3CC(C1)CC(CCC(=S)N1CCOCC1)(C3)C2. The van der Waals surface area contributed by atoms with E-state index in [1.54, 1.807) is 0 Å². The quantitative estimate of drug-likeness (QED) is 0.813. The van der Waals surface area contributed by atoms with Gasteiger partial charge in [0.05, 0.1) is 23.8 Å². The molecule has 0 amide bonds. The van der Waals surface area contributed by atoms with Gasteiger partial charge in [-0.2, -0.15) is 0 Å². The van der Waals surface area contributed by atoms with Crippen LogP contribution in [0.15, 0.2) is 0 Å². The third-order valence-corrected chi connectivity index (χ3v) is 6.85. The number of thiocarbonyl (C=S) groups is 1. The van der Waals surface area contributed by atoms with Gasteiger partial charge in [0.2, 0.25) is 0 Å². The van der Waals surface area contributed by atoms with Crippen LogP contribution in [0.2, 0.25) is 0 Å². The van der Waals surface area contributed by atoms with Gasteiger partial charge in [0.1, 0.15) is 0 Å². The second-order valence-electron chi connectivity index (χ2n) is 8.18. The van der Waals surface area contributed by atoms with Crippen LogP contribution in [0.1, 0.15) is 51.4 Å². The Balaban J connectivity index is 1.39. The number of ether oxygens (including phenoxy) is 1. The molecular formula is C17H27NO2S. The van der Waals surface area contributed by atoms with Crippen LogP contribution >= 0.6 is 12.2 Å². The molecule has 4 saturated carbocycles. The number of nitrogens with zero attached hydrogens (tertiary/aromatic N) is 1. The fraction of sp³-hybridized carbons (Fsp3) is 0.941. The van der Waals surface area contributed by atoms with Crippen molar-refractivity contribution in [3.63, 3.8) is 0 Å². The predicted molar refractivity (Wildman–Crippen MR) is 86.3 cm³/mol. The zero-order chi connectivity index (χ0) is 14.5. The molecule has 1 heterocycles. The first-order chi connectivity index (χ1) is 10.1. The molecule has 0 aromatic rings. The number of morpholine rings is 1. The molecule has 4 heteroatoms. The number of hydrogen-bond donors (Lipinski definition) is 1. The van der Waals surface area contributed by atoms with E-state index >= 15 is 0 Å². The lowest BCUT2D eigenvalue weighted by atomic mass is 9.47. The van der Waals surface area contributed by atoms with Crippen molar-refractivity contribution in [3.8, 4) is 0 Å². The molecule has 1 aliphatic heterocycles. The predicted octanol–water partition coefficient (Wildman–Crippen LogP) is 2.76. The summed E-state index contributed by atoms with van der Waals surface area (Å²) in [4.78, 5) is 3.45. The molecule has 0 aromatic carbocycles. The first-order valence-corrected chi connectivity index (χ1v) is 9.05. The average Bonchev–Trinajstić information content (AvgIpc) is 2.43. The van der Waals surface area contributed by atoms with Crippen LogP contribution in [0.25, 0.3) is 0 Å². The van der Waals surface area contributed by atoms with Crippen molar-refractivity contribution in [2.45, 2.75) is 57.0 Å². The van der Waals surface area contributed by atoms with Crippen molar-refractivity contribution in [3.05, 3.63) is 0 Å². The van der Waals surface area contributed by atoms with E-state index in [0.29, 0.717) is 5.41 Å². The molecule has 1 saturated heterocycles. The van der Waals surface area contributed by atoms with Gasteiger partial charge in [-0.1, -0.05) is 12.2 Å². The lowest BCUT2D eigenvalue weighted by Gasteiger charge is -2.60. The molecule has 1 N–H and O–H groups in total. The van der Waals surface area contributed by atoms with E-state index in [2.05, 4.69) is 4.90 Å². The molecule has 2 atom stereocenters. The van der Waals surface area contributed by atoms with Crippen LogP contribution in [-0.2, 0) is 4.74 Å². The van der Waals surface area contributed by atoms with Gasteiger partial charge in [-0.3, -0.25) is 0 Å². The molecule has 5 aliphatic rings. The molecule has 0 aromatic heterocycles. The minimum absolute atomic E-state index is 0.329. The summed E-state index contributed by atoms with van der Waals surface area (Å²) in [6.07, 6.45) is 9.47. The normalized spacial score (nSPS) is 45.1. The summed E-state index contributed by atoms with van der Waals surface area (Å²) in [5, 5.41) is 10.8. The molecule has 2 unspecified atom stereocenters. The first-order valence-electron chi connectivity index (χ1n) is 8.64. The van der Waals surface area contributed by atoms with Gasteiger partial charge in [-0.05, 0) is 68.6 Å². The van der Waals surface area contributed by atoms with Crippen LogP contribution < -0.4 is 0 Å². The Bertz CT molecular complexity index is 419. The van der Waals surface area contributed by atoms with Gasteiger partial charge < -0.3 is 14.7 Å². The molecule has 4 aliphatic carbocycles. The zero-order valence-electron chi connectivity index (χ0n) is 12.9. The Hall–Kier alpha value is -0.190. The van der Waals surface area contributed by atoms with Gasteiger partial charge >= 0.3 is 0 Å². The zero-order valence-corrected chi connectivity index (χ0v) is 13.7. The fourth-order valence-corrected chi connectivity index (χ4v) is 6.32. The van der Waals surface area contributed by atoms with Crippen molar-refractivity contribution in [1.82, 2.24) is 4.90 Å². The van der Waals surface area contributed by atoms with E-state index in [-0.39, 0.29) is 5.60 Å². The minimum Gasteiger partial charge on any atom is -0.390 e. The van der Waals surface area contributed by atoms with Crippen molar-refractivity contribution >= 4 is 17.2 Å². The maximum atomic E-state index is 10.8. The van der Waals surface area contributed by atoms with Crippen LogP contribution in [0, 0.1) is 17.3 Å². The van der Waals surface area contributed by atoms with E-state index in [4.69, 9.17) is 17.0 Å². The van der Waals surface area contributed by atoms with E-state index < -0.39 is 0 Å². The highest BCUT2D eigenvalue weighted by Crippen LogP contribution is 2.63. The van der Waals surface area contributed by atoms with Crippen LogP contribution in [0.3, 0.4) is 0 Å². The van der Waals surface area contributed by atoms with Crippen LogP contribution in [0.4, 0.5) is 0 Å². The molecular weight excluding hydrogens is 282 g/mol. The summed E-state index contributed by atoms with van der Waals surface area (Å²) >= 11 is 5.66. The highest BCUT2D eigenvalue weighted by atomic mass is 32.1. The minimum atomic E-state index is -0.329. The van der Waals surface area contributed by atoms with Gasteiger partial charge in [-0.15, -0.1) is 0 Å². The molecule has 5 rings (SSSR count). The Morgan fingerprint density at radius 3 is 2.43 bits per heavy atom. The molecule has 0 spiro atoms. The van der Waals surface area contributed by atoms with E-state index in [0.717, 1.165) is 68.8 Å². The van der Waals surface area contributed by atoms with E-state index in [1.807, 2.05) is 0 Å². The number of rotatable bonds is 3. The summed E-state index contributed by atoms with van der Waals surface area (Å²) in [5.74, 6) is 1.57. The fourth-order valence-electron chi connectivity index (χ4n) is 6.04. The molecule has 0 radical (unpaired) electrons. The smallest absolute Gasteiger partial charge is 0.0781 e. The second kappa shape index (κ2) is 5.17. The van der Waals surface area contributed by atoms with Gasteiger partial charge in [-0.25, -0.2) is 0 Å². The Labute approximate surface area is 133 Å². The summed E-state index contributed by atoms with van der Waals surface area (Å²) in [5.41, 5.74) is 0.0693. The highest BCUT2D eigenvalue weighted by molar-refractivity contribution is 7.80. The van der Waals surface area contributed by atoms with Crippen LogP contribution in [-0.4, -0.2) is 46.9 Å².